The lowest BCUT2D eigenvalue weighted by Crippen LogP contribution is -2.10. The first-order valence-corrected chi connectivity index (χ1v) is 3.98. The van der Waals surface area contributed by atoms with Gasteiger partial charge in [0.15, 0.2) is 0 Å². The molecule has 0 fully saturated rings. The predicted octanol–water partition coefficient (Wildman–Crippen LogP) is 1.88. The van der Waals surface area contributed by atoms with Crippen molar-refractivity contribution in [2.24, 2.45) is 5.73 Å². The number of phenolic OH excluding ortho intramolecular Hbond substituents is 2. The van der Waals surface area contributed by atoms with Crippen LogP contribution >= 0.6 is 12.4 Å². The van der Waals surface area contributed by atoms with Gasteiger partial charge in [-0.05, 0) is 24.1 Å². The Kier molecular flexibility index (Phi) is 5.27. The average Bonchev–Trinajstić information content (AvgIpc) is 2.03. The van der Waals surface area contributed by atoms with Crippen molar-refractivity contribution < 1.29 is 14.6 Å². The van der Waals surface area contributed by atoms with Crippen LogP contribution in [0.1, 0.15) is 18.0 Å². The topological polar surface area (TPSA) is 66.5 Å². The van der Waals surface area contributed by atoms with E-state index < -0.39 is 12.7 Å². The lowest BCUT2D eigenvalue weighted by molar-refractivity contribution is 0.431. The molecule has 0 saturated carbocycles. The maximum absolute atomic E-state index is 11.9. The SMILES string of the molecule is Cl.N[C@@H](CCF)c1cc(O)cc(O)c1. The molecule has 5 heteroatoms. The minimum Gasteiger partial charge on any atom is -0.508 e. The summed E-state index contributed by atoms with van der Waals surface area (Å²) in [5, 5.41) is 18.2. The van der Waals surface area contributed by atoms with Crippen molar-refractivity contribution in [2.45, 2.75) is 12.5 Å². The molecule has 0 spiro atoms. The third kappa shape index (κ3) is 3.40. The van der Waals surface area contributed by atoms with Crippen LogP contribution in [-0.4, -0.2) is 16.9 Å². The van der Waals surface area contributed by atoms with E-state index in [4.69, 9.17) is 15.9 Å². The molecular formula is C9H13ClFNO2. The van der Waals surface area contributed by atoms with Gasteiger partial charge in [-0.2, -0.15) is 0 Å². The summed E-state index contributed by atoms with van der Waals surface area (Å²) in [7, 11) is 0. The van der Waals surface area contributed by atoms with Gasteiger partial charge in [-0.25, -0.2) is 0 Å². The summed E-state index contributed by atoms with van der Waals surface area (Å²) >= 11 is 0. The number of hydrogen-bond acceptors (Lipinski definition) is 3. The Morgan fingerprint density at radius 2 is 1.71 bits per heavy atom. The van der Waals surface area contributed by atoms with Gasteiger partial charge in [0.25, 0.3) is 0 Å². The van der Waals surface area contributed by atoms with E-state index in [1.165, 1.54) is 18.2 Å². The van der Waals surface area contributed by atoms with E-state index >= 15 is 0 Å². The third-order valence-corrected chi connectivity index (χ3v) is 1.77. The Morgan fingerprint density at radius 3 is 2.14 bits per heavy atom. The van der Waals surface area contributed by atoms with Crippen LogP contribution in [0.2, 0.25) is 0 Å². The number of benzene rings is 1. The number of nitrogens with two attached hydrogens (primary N) is 1. The van der Waals surface area contributed by atoms with Crippen LogP contribution in [0.15, 0.2) is 18.2 Å². The van der Waals surface area contributed by atoms with Crippen LogP contribution in [0.25, 0.3) is 0 Å². The predicted molar refractivity (Wildman–Crippen MR) is 54.5 cm³/mol. The summed E-state index contributed by atoms with van der Waals surface area (Å²) in [4.78, 5) is 0. The number of halogens is 2. The Labute approximate surface area is 87.8 Å². The molecule has 4 N–H and O–H groups in total. The molecule has 1 aromatic carbocycles. The molecule has 3 nitrogen and oxygen atoms in total. The van der Waals surface area contributed by atoms with Crippen LogP contribution in [0, 0.1) is 0 Å². The molecule has 0 heterocycles. The van der Waals surface area contributed by atoms with Crippen LogP contribution in [0.4, 0.5) is 4.39 Å². The Bertz CT molecular complexity index is 276. The highest BCUT2D eigenvalue weighted by Crippen LogP contribution is 2.25. The molecule has 0 saturated heterocycles. The first-order chi connectivity index (χ1) is 6.13. The van der Waals surface area contributed by atoms with Crippen molar-refractivity contribution in [3.63, 3.8) is 0 Å². The number of rotatable bonds is 3. The third-order valence-electron chi connectivity index (χ3n) is 1.77. The van der Waals surface area contributed by atoms with Gasteiger partial charge < -0.3 is 15.9 Å². The fourth-order valence-electron chi connectivity index (χ4n) is 1.12. The minimum absolute atomic E-state index is 0. The summed E-state index contributed by atoms with van der Waals surface area (Å²) in [6, 6.07) is 3.55. The standard InChI is InChI=1S/C9H12FNO2.ClH/c10-2-1-9(11)6-3-7(12)5-8(13)4-6;/h3-5,9,12-13H,1-2,11H2;1H/t9-;/m0./s1. The van der Waals surface area contributed by atoms with Crippen LogP contribution in [-0.2, 0) is 0 Å². The normalized spacial score (nSPS) is 11.9. The van der Waals surface area contributed by atoms with Gasteiger partial charge in [-0.15, -0.1) is 12.4 Å². The van der Waals surface area contributed by atoms with Gasteiger partial charge in [0.05, 0.1) is 6.67 Å². The molecule has 0 aliphatic rings. The van der Waals surface area contributed by atoms with Crippen molar-refractivity contribution in [1.29, 1.82) is 0 Å². The van der Waals surface area contributed by atoms with E-state index in [0.29, 0.717) is 5.56 Å². The molecule has 0 aliphatic carbocycles. The molecule has 1 rings (SSSR count). The Morgan fingerprint density at radius 1 is 1.21 bits per heavy atom. The Balaban J connectivity index is 0.00000169. The first kappa shape index (κ1) is 13.0. The van der Waals surface area contributed by atoms with Crippen LogP contribution in [0.5, 0.6) is 11.5 Å². The minimum atomic E-state index is -0.516. The molecule has 1 atom stereocenters. The molecule has 0 radical (unpaired) electrons. The fourth-order valence-corrected chi connectivity index (χ4v) is 1.12. The van der Waals surface area contributed by atoms with Gasteiger partial charge in [-0.3, -0.25) is 4.39 Å². The van der Waals surface area contributed by atoms with Gasteiger partial charge in [0, 0.05) is 12.1 Å². The van der Waals surface area contributed by atoms with E-state index in [1.54, 1.807) is 0 Å². The molecule has 0 unspecified atom stereocenters. The molecule has 80 valence electrons. The molecule has 0 amide bonds. The lowest BCUT2D eigenvalue weighted by atomic mass is 10.0. The van der Waals surface area contributed by atoms with E-state index in [9.17, 15) is 4.39 Å². The van der Waals surface area contributed by atoms with Gasteiger partial charge >= 0.3 is 0 Å². The van der Waals surface area contributed by atoms with E-state index in [0.717, 1.165) is 0 Å². The zero-order chi connectivity index (χ0) is 9.84. The van der Waals surface area contributed by atoms with E-state index in [1.807, 2.05) is 0 Å². The van der Waals surface area contributed by atoms with Gasteiger partial charge in [0.1, 0.15) is 11.5 Å². The number of hydrogen-bond donors (Lipinski definition) is 3. The second-order valence-electron chi connectivity index (χ2n) is 2.87. The molecule has 1 aromatic rings. The zero-order valence-corrected chi connectivity index (χ0v) is 8.30. The van der Waals surface area contributed by atoms with E-state index in [2.05, 4.69) is 0 Å². The second-order valence-corrected chi connectivity index (χ2v) is 2.87. The van der Waals surface area contributed by atoms with Gasteiger partial charge in [-0.1, -0.05) is 0 Å². The number of aromatic hydroxyl groups is 2. The lowest BCUT2D eigenvalue weighted by Gasteiger charge is -2.10. The summed E-state index contributed by atoms with van der Waals surface area (Å²) in [6.07, 6.45) is 0.183. The smallest absolute Gasteiger partial charge is 0.119 e. The second kappa shape index (κ2) is 5.67. The van der Waals surface area contributed by atoms with Crippen molar-refractivity contribution in [2.75, 3.05) is 6.67 Å². The first-order valence-electron chi connectivity index (χ1n) is 3.98. The molecule has 14 heavy (non-hydrogen) atoms. The van der Waals surface area contributed by atoms with Crippen molar-refractivity contribution in [3.8, 4) is 11.5 Å². The Hall–Kier alpha value is -1.00. The maximum Gasteiger partial charge on any atom is 0.119 e. The van der Waals surface area contributed by atoms with E-state index in [-0.39, 0.29) is 30.3 Å². The number of phenols is 2. The fraction of sp³-hybridized carbons (Fsp3) is 0.333. The van der Waals surface area contributed by atoms with Crippen molar-refractivity contribution in [1.82, 2.24) is 0 Å². The van der Waals surface area contributed by atoms with Crippen molar-refractivity contribution >= 4 is 12.4 Å². The molecule has 0 bridgehead atoms. The maximum atomic E-state index is 11.9. The van der Waals surface area contributed by atoms with Crippen LogP contribution < -0.4 is 5.73 Å². The number of alkyl halides is 1. The summed E-state index contributed by atoms with van der Waals surface area (Å²) < 4.78 is 11.9. The quantitative estimate of drug-likeness (QED) is 0.730. The monoisotopic (exact) mass is 221 g/mol. The molecule has 0 aromatic heterocycles. The highest BCUT2D eigenvalue weighted by molar-refractivity contribution is 5.85. The zero-order valence-electron chi connectivity index (χ0n) is 7.48. The highest BCUT2D eigenvalue weighted by atomic mass is 35.5. The van der Waals surface area contributed by atoms with Gasteiger partial charge in [0.2, 0.25) is 0 Å². The molecular weight excluding hydrogens is 209 g/mol. The van der Waals surface area contributed by atoms with Crippen LogP contribution in [0.3, 0.4) is 0 Å². The summed E-state index contributed by atoms with van der Waals surface area (Å²) in [5.41, 5.74) is 6.12. The van der Waals surface area contributed by atoms with Crippen molar-refractivity contribution in [3.05, 3.63) is 23.8 Å². The summed E-state index contributed by atoms with van der Waals surface area (Å²) in [5.74, 6) is -0.131. The largest absolute Gasteiger partial charge is 0.508 e. The molecule has 0 aliphatic heterocycles. The average molecular weight is 222 g/mol. The summed E-state index contributed by atoms with van der Waals surface area (Å²) in [6.45, 7) is -0.516. The highest BCUT2D eigenvalue weighted by Gasteiger charge is 2.07.